The molecule has 0 amide bonds. The fourth-order valence-corrected chi connectivity index (χ4v) is 2.39. The second-order valence-electron chi connectivity index (χ2n) is 5.00. The molecule has 0 aromatic heterocycles. The summed E-state index contributed by atoms with van der Waals surface area (Å²) >= 11 is 0. The highest BCUT2D eigenvalue weighted by Gasteiger charge is 2.11. The molecule has 0 aliphatic heterocycles. The van der Waals surface area contributed by atoms with E-state index in [-0.39, 0.29) is 6.10 Å². The lowest BCUT2D eigenvalue weighted by Crippen LogP contribution is -2.27. The average Bonchev–Trinajstić information content (AvgIpc) is 2.36. The van der Waals surface area contributed by atoms with Gasteiger partial charge >= 0.3 is 0 Å². The molecule has 1 unspecified atom stereocenters. The van der Waals surface area contributed by atoms with Gasteiger partial charge in [0.1, 0.15) is 0 Å². The van der Waals surface area contributed by atoms with Crippen molar-refractivity contribution in [3.05, 3.63) is 35.4 Å². The minimum absolute atomic E-state index is 0.331. The zero-order valence-corrected chi connectivity index (χ0v) is 12.0. The van der Waals surface area contributed by atoms with Gasteiger partial charge in [-0.1, -0.05) is 38.1 Å². The minimum Gasteiger partial charge on any atom is -0.388 e. The monoisotopic (exact) mass is 249 g/mol. The van der Waals surface area contributed by atoms with Crippen LogP contribution in [-0.2, 0) is 0 Å². The standard InChI is InChI=1S/C16H27NO/c1-4-11-17(12-5-2)13-10-16(18)15-9-7-6-8-14(15)3/h6-9,16,18H,4-5,10-13H2,1-3H3. The van der Waals surface area contributed by atoms with E-state index in [2.05, 4.69) is 31.7 Å². The van der Waals surface area contributed by atoms with Gasteiger partial charge in [0.05, 0.1) is 6.10 Å². The Morgan fingerprint density at radius 3 is 2.22 bits per heavy atom. The highest BCUT2D eigenvalue weighted by atomic mass is 16.3. The number of hydrogen-bond donors (Lipinski definition) is 1. The molecule has 2 nitrogen and oxygen atoms in total. The molecule has 0 heterocycles. The van der Waals surface area contributed by atoms with Crippen LogP contribution in [0, 0.1) is 6.92 Å². The Labute approximate surface area is 112 Å². The van der Waals surface area contributed by atoms with Gasteiger partial charge in [0.2, 0.25) is 0 Å². The topological polar surface area (TPSA) is 23.5 Å². The Morgan fingerprint density at radius 1 is 1.06 bits per heavy atom. The highest BCUT2D eigenvalue weighted by molar-refractivity contribution is 5.27. The van der Waals surface area contributed by atoms with Crippen LogP contribution >= 0.6 is 0 Å². The van der Waals surface area contributed by atoms with Crippen LogP contribution in [0.25, 0.3) is 0 Å². The van der Waals surface area contributed by atoms with Crippen molar-refractivity contribution in [3.63, 3.8) is 0 Å². The lowest BCUT2D eigenvalue weighted by molar-refractivity contribution is 0.141. The van der Waals surface area contributed by atoms with E-state index in [9.17, 15) is 5.11 Å². The first-order valence-corrected chi connectivity index (χ1v) is 7.15. The van der Waals surface area contributed by atoms with E-state index in [1.165, 1.54) is 18.4 Å². The summed E-state index contributed by atoms with van der Waals surface area (Å²) in [5.74, 6) is 0. The fourth-order valence-electron chi connectivity index (χ4n) is 2.39. The molecule has 0 bridgehead atoms. The predicted molar refractivity (Wildman–Crippen MR) is 77.8 cm³/mol. The van der Waals surface area contributed by atoms with Crippen LogP contribution in [0.15, 0.2) is 24.3 Å². The van der Waals surface area contributed by atoms with E-state index in [1.54, 1.807) is 0 Å². The third-order valence-corrected chi connectivity index (χ3v) is 3.35. The van der Waals surface area contributed by atoms with E-state index in [0.717, 1.165) is 31.6 Å². The maximum Gasteiger partial charge on any atom is 0.0804 e. The summed E-state index contributed by atoms with van der Waals surface area (Å²) < 4.78 is 0. The molecule has 1 aromatic carbocycles. The molecule has 0 aliphatic carbocycles. The van der Waals surface area contributed by atoms with Gasteiger partial charge in [-0.2, -0.15) is 0 Å². The lowest BCUT2D eigenvalue weighted by Gasteiger charge is -2.23. The molecule has 1 atom stereocenters. The van der Waals surface area contributed by atoms with Crippen LogP contribution < -0.4 is 0 Å². The molecule has 0 saturated carbocycles. The highest BCUT2D eigenvalue weighted by Crippen LogP contribution is 2.20. The first-order valence-electron chi connectivity index (χ1n) is 7.15. The summed E-state index contributed by atoms with van der Waals surface area (Å²) in [6.07, 6.45) is 2.86. The molecule has 0 spiro atoms. The largest absolute Gasteiger partial charge is 0.388 e. The maximum absolute atomic E-state index is 10.3. The zero-order valence-electron chi connectivity index (χ0n) is 12.0. The Bertz CT molecular complexity index is 332. The van der Waals surface area contributed by atoms with Gasteiger partial charge < -0.3 is 10.0 Å². The Balaban J connectivity index is 2.49. The third kappa shape index (κ3) is 4.79. The molecular weight excluding hydrogens is 222 g/mol. The first kappa shape index (κ1) is 15.2. The Morgan fingerprint density at radius 2 is 1.67 bits per heavy atom. The van der Waals surface area contributed by atoms with Crippen molar-refractivity contribution in [1.29, 1.82) is 0 Å². The van der Waals surface area contributed by atoms with Gasteiger partial charge in [-0.15, -0.1) is 0 Å². The summed E-state index contributed by atoms with van der Waals surface area (Å²) in [5.41, 5.74) is 2.26. The number of hydrogen-bond acceptors (Lipinski definition) is 2. The van der Waals surface area contributed by atoms with E-state index >= 15 is 0 Å². The molecule has 1 N–H and O–H groups in total. The molecule has 0 aliphatic rings. The van der Waals surface area contributed by atoms with Gasteiger partial charge in [0.25, 0.3) is 0 Å². The summed E-state index contributed by atoms with van der Waals surface area (Å²) in [5, 5.41) is 10.3. The number of rotatable bonds is 8. The number of benzene rings is 1. The van der Waals surface area contributed by atoms with Crippen LogP contribution in [0.1, 0.15) is 50.3 Å². The van der Waals surface area contributed by atoms with E-state index in [0.29, 0.717) is 0 Å². The van der Waals surface area contributed by atoms with Crippen molar-refractivity contribution < 1.29 is 5.11 Å². The van der Waals surface area contributed by atoms with Gasteiger partial charge in [-0.05, 0) is 50.4 Å². The van der Waals surface area contributed by atoms with Gasteiger partial charge in [0, 0.05) is 6.54 Å². The second-order valence-corrected chi connectivity index (χ2v) is 5.00. The molecular formula is C16H27NO. The van der Waals surface area contributed by atoms with Gasteiger partial charge in [-0.3, -0.25) is 0 Å². The molecule has 0 saturated heterocycles. The molecule has 18 heavy (non-hydrogen) atoms. The van der Waals surface area contributed by atoms with Crippen LogP contribution in [-0.4, -0.2) is 29.6 Å². The molecule has 0 fully saturated rings. The first-order chi connectivity index (χ1) is 8.69. The molecule has 1 rings (SSSR count). The lowest BCUT2D eigenvalue weighted by atomic mass is 10.0. The molecule has 102 valence electrons. The maximum atomic E-state index is 10.3. The van der Waals surface area contributed by atoms with Crippen molar-refractivity contribution in [2.75, 3.05) is 19.6 Å². The van der Waals surface area contributed by atoms with Crippen LogP contribution in [0.2, 0.25) is 0 Å². The molecule has 0 radical (unpaired) electrons. The van der Waals surface area contributed by atoms with Crippen molar-refractivity contribution in [2.24, 2.45) is 0 Å². The normalized spacial score (nSPS) is 12.9. The quantitative estimate of drug-likeness (QED) is 0.761. The third-order valence-electron chi connectivity index (χ3n) is 3.35. The number of aryl methyl sites for hydroxylation is 1. The van der Waals surface area contributed by atoms with E-state index in [1.807, 2.05) is 18.2 Å². The van der Waals surface area contributed by atoms with Gasteiger partial charge in [-0.25, -0.2) is 0 Å². The van der Waals surface area contributed by atoms with E-state index in [4.69, 9.17) is 0 Å². The summed E-state index contributed by atoms with van der Waals surface area (Å²) in [4.78, 5) is 2.45. The van der Waals surface area contributed by atoms with Crippen molar-refractivity contribution in [3.8, 4) is 0 Å². The number of aliphatic hydroxyl groups excluding tert-OH is 1. The summed E-state index contributed by atoms with van der Waals surface area (Å²) in [7, 11) is 0. The zero-order chi connectivity index (χ0) is 13.4. The summed E-state index contributed by atoms with van der Waals surface area (Å²) in [6.45, 7) is 9.73. The van der Waals surface area contributed by atoms with Crippen LogP contribution in [0.4, 0.5) is 0 Å². The van der Waals surface area contributed by atoms with Crippen molar-refractivity contribution >= 4 is 0 Å². The van der Waals surface area contributed by atoms with Crippen LogP contribution in [0.3, 0.4) is 0 Å². The SMILES string of the molecule is CCCN(CCC)CCC(O)c1ccccc1C. The number of aliphatic hydroxyl groups is 1. The second kappa shape index (κ2) is 8.28. The summed E-state index contributed by atoms with van der Waals surface area (Å²) in [6, 6.07) is 8.12. The Kier molecular flexibility index (Phi) is 6.99. The molecule has 1 aromatic rings. The predicted octanol–water partition coefficient (Wildman–Crippen LogP) is 3.54. The smallest absolute Gasteiger partial charge is 0.0804 e. The molecule has 2 heteroatoms. The van der Waals surface area contributed by atoms with Crippen molar-refractivity contribution in [1.82, 2.24) is 4.90 Å². The average molecular weight is 249 g/mol. The van der Waals surface area contributed by atoms with Crippen LogP contribution in [0.5, 0.6) is 0 Å². The fraction of sp³-hybridized carbons (Fsp3) is 0.625. The number of nitrogens with zero attached hydrogens (tertiary/aromatic N) is 1. The minimum atomic E-state index is -0.331. The van der Waals surface area contributed by atoms with Gasteiger partial charge in [0.15, 0.2) is 0 Å². The van der Waals surface area contributed by atoms with Crippen molar-refractivity contribution in [2.45, 2.75) is 46.1 Å². The Hall–Kier alpha value is -0.860. The van der Waals surface area contributed by atoms with E-state index < -0.39 is 0 Å².